The monoisotopic (exact) mass is 262 g/mol. The summed E-state index contributed by atoms with van der Waals surface area (Å²) < 4.78 is 0. The first-order valence-corrected chi connectivity index (χ1v) is 6.78. The van der Waals surface area contributed by atoms with Crippen LogP contribution in [0.3, 0.4) is 0 Å². The average molecular weight is 262 g/mol. The van der Waals surface area contributed by atoms with Crippen LogP contribution in [0, 0.1) is 0 Å². The maximum Gasteiger partial charge on any atom is 0.224 e. The van der Waals surface area contributed by atoms with E-state index in [-0.39, 0.29) is 17.9 Å². The van der Waals surface area contributed by atoms with Gasteiger partial charge in [0.25, 0.3) is 0 Å². The minimum absolute atomic E-state index is 0.00561. The van der Waals surface area contributed by atoms with Crippen LogP contribution in [0.5, 0.6) is 0 Å². The van der Waals surface area contributed by atoms with E-state index >= 15 is 0 Å². The van der Waals surface area contributed by atoms with Crippen molar-refractivity contribution < 1.29 is 9.90 Å². The molecule has 1 amide bonds. The first kappa shape index (κ1) is 14.0. The smallest absolute Gasteiger partial charge is 0.224 e. The number of nitrogens with one attached hydrogen (secondary N) is 2. The van der Waals surface area contributed by atoms with Gasteiger partial charge in [-0.1, -0.05) is 26.0 Å². The number of aryl methyl sites for hydroxylation is 1. The van der Waals surface area contributed by atoms with E-state index in [0.717, 1.165) is 18.7 Å². The van der Waals surface area contributed by atoms with Crippen LogP contribution in [-0.2, 0) is 16.6 Å². The van der Waals surface area contributed by atoms with Crippen molar-refractivity contribution in [1.82, 2.24) is 5.32 Å². The maximum absolute atomic E-state index is 11.3. The van der Waals surface area contributed by atoms with Gasteiger partial charge in [-0.15, -0.1) is 0 Å². The molecule has 0 radical (unpaired) electrons. The lowest BCUT2D eigenvalue weighted by atomic mass is 9.82. The summed E-state index contributed by atoms with van der Waals surface area (Å²) in [5, 5.41) is 15.0. The Kier molecular flexibility index (Phi) is 4.22. The standard InChI is InChI=1S/C15H22N2O2/c1-15(2,10-16-7-8-18)12-4-5-13-11(9-12)3-6-14(19)17-13/h4-5,9,16,18H,3,6-8,10H2,1-2H3,(H,17,19). The van der Waals surface area contributed by atoms with E-state index in [2.05, 4.69) is 36.6 Å². The number of hydrogen-bond acceptors (Lipinski definition) is 3. The molecule has 3 N–H and O–H groups in total. The van der Waals surface area contributed by atoms with Crippen LogP contribution in [0.25, 0.3) is 0 Å². The Morgan fingerprint density at radius 2 is 2.16 bits per heavy atom. The summed E-state index contributed by atoms with van der Waals surface area (Å²) >= 11 is 0. The predicted octanol–water partition coefficient (Wildman–Crippen LogP) is 1.43. The summed E-state index contributed by atoms with van der Waals surface area (Å²) in [4.78, 5) is 11.3. The van der Waals surface area contributed by atoms with Crippen LogP contribution in [-0.4, -0.2) is 30.7 Å². The molecule has 19 heavy (non-hydrogen) atoms. The number of aliphatic hydroxyl groups is 1. The largest absolute Gasteiger partial charge is 0.395 e. The fraction of sp³-hybridized carbons (Fsp3) is 0.533. The topological polar surface area (TPSA) is 61.4 Å². The molecule has 1 aliphatic rings. The van der Waals surface area contributed by atoms with Crippen molar-refractivity contribution in [3.8, 4) is 0 Å². The number of carbonyl (C=O) groups excluding carboxylic acids is 1. The minimum atomic E-state index is 0.00561. The van der Waals surface area contributed by atoms with Crippen molar-refractivity contribution in [1.29, 1.82) is 0 Å². The number of fused-ring (bicyclic) bond motifs is 1. The van der Waals surface area contributed by atoms with Gasteiger partial charge in [-0.05, 0) is 23.6 Å². The SMILES string of the molecule is CC(C)(CNCCO)c1ccc2c(c1)CCC(=O)N2. The number of carbonyl (C=O) groups is 1. The van der Waals surface area contributed by atoms with Crippen molar-refractivity contribution in [3.05, 3.63) is 29.3 Å². The van der Waals surface area contributed by atoms with Crippen molar-refractivity contribution >= 4 is 11.6 Å². The lowest BCUT2D eigenvalue weighted by Crippen LogP contribution is -2.34. The van der Waals surface area contributed by atoms with Gasteiger partial charge in [0, 0.05) is 30.6 Å². The van der Waals surface area contributed by atoms with Gasteiger partial charge in [-0.25, -0.2) is 0 Å². The summed E-state index contributed by atoms with van der Waals surface area (Å²) in [5.74, 6) is 0.101. The lowest BCUT2D eigenvalue weighted by molar-refractivity contribution is -0.116. The zero-order valence-electron chi connectivity index (χ0n) is 11.6. The maximum atomic E-state index is 11.3. The van der Waals surface area contributed by atoms with Crippen LogP contribution in [0.15, 0.2) is 18.2 Å². The van der Waals surface area contributed by atoms with Crippen LogP contribution >= 0.6 is 0 Å². The molecule has 2 rings (SSSR count). The highest BCUT2D eigenvalue weighted by atomic mass is 16.3. The number of hydrogen-bond donors (Lipinski definition) is 3. The van der Waals surface area contributed by atoms with Crippen LogP contribution in [0.2, 0.25) is 0 Å². The molecule has 0 unspecified atom stereocenters. The highest BCUT2D eigenvalue weighted by molar-refractivity contribution is 5.93. The normalized spacial score (nSPS) is 15.0. The second kappa shape index (κ2) is 5.72. The summed E-state index contributed by atoms with van der Waals surface area (Å²) in [7, 11) is 0. The third-order valence-electron chi connectivity index (χ3n) is 3.64. The summed E-state index contributed by atoms with van der Waals surface area (Å²) in [5.41, 5.74) is 3.42. The average Bonchev–Trinajstić information content (AvgIpc) is 2.38. The Balaban J connectivity index is 2.14. The van der Waals surface area contributed by atoms with Crippen molar-refractivity contribution in [3.63, 3.8) is 0 Å². The molecule has 0 aromatic heterocycles. The molecule has 0 atom stereocenters. The Bertz CT molecular complexity index is 469. The van der Waals surface area contributed by atoms with Crippen LogP contribution in [0.4, 0.5) is 5.69 Å². The van der Waals surface area contributed by atoms with Crippen molar-refractivity contribution in [2.24, 2.45) is 0 Å². The van der Waals surface area contributed by atoms with E-state index in [1.165, 1.54) is 11.1 Å². The second-order valence-corrected chi connectivity index (χ2v) is 5.70. The van der Waals surface area contributed by atoms with Crippen LogP contribution < -0.4 is 10.6 Å². The van der Waals surface area contributed by atoms with Gasteiger partial charge in [-0.3, -0.25) is 4.79 Å². The Labute approximate surface area is 114 Å². The molecule has 1 aromatic rings. The molecular formula is C15H22N2O2. The fourth-order valence-corrected chi connectivity index (χ4v) is 2.39. The van der Waals surface area contributed by atoms with Gasteiger partial charge in [0.15, 0.2) is 0 Å². The highest BCUT2D eigenvalue weighted by Gasteiger charge is 2.23. The third-order valence-corrected chi connectivity index (χ3v) is 3.64. The number of rotatable bonds is 5. The number of benzene rings is 1. The van der Waals surface area contributed by atoms with E-state index in [9.17, 15) is 4.79 Å². The number of anilines is 1. The first-order valence-electron chi connectivity index (χ1n) is 6.78. The van der Waals surface area contributed by atoms with E-state index in [1.54, 1.807) is 0 Å². The minimum Gasteiger partial charge on any atom is -0.395 e. The van der Waals surface area contributed by atoms with E-state index in [4.69, 9.17) is 5.11 Å². The lowest BCUT2D eigenvalue weighted by Gasteiger charge is -2.28. The molecule has 0 saturated heterocycles. The molecular weight excluding hydrogens is 240 g/mol. The molecule has 0 fully saturated rings. The van der Waals surface area contributed by atoms with Crippen molar-refractivity contribution in [2.45, 2.75) is 32.1 Å². The Morgan fingerprint density at radius 3 is 2.89 bits per heavy atom. The molecule has 1 aromatic carbocycles. The van der Waals surface area contributed by atoms with Gasteiger partial charge in [0.05, 0.1) is 6.61 Å². The fourth-order valence-electron chi connectivity index (χ4n) is 2.39. The zero-order valence-corrected chi connectivity index (χ0v) is 11.6. The Morgan fingerprint density at radius 1 is 1.37 bits per heavy atom. The summed E-state index contributed by atoms with van der Waals surface area (Å²) in [6, 6.07) is 6.26. The highest BCUT2D eigenvalue weighted by Crippen LogP contribution is 2.29. The second-order valence-electron chi connectivity index (χ2n) is 5.70. The molecule has 0 bridgehead atoms. The number of amides is 1. The third kappa shape index (κ3) is 3.33. The van der Waals surface area contributed by atoms with E-state index in [0.29, 0.717) is 13.0 Å². The van der Waals surface area contributed by atoms with Crippen molar-refractivity contribution in [2.75, 3.05) is 25.0 Å². The zero-order chi connectivity index (χ0) is 13.9. The Hall–Kier alpha value is -1.39. The van der Waals surface area contributed by atoms with Gasteiger partial charge < -0.3 is 15.7 Å². The predicted molar refractivity (Wildman–Crippen MR) is 76.4 cm³/mol. The first-order chi connectivity index (χ1) is 9.03. The molecule has 1 aliphatic heterocycles. The van der Waals surface area contributed by atoms with Gasteiger partial charge in [0.2, 0.25) is 5.91 Å². The summed E-state index contributed by atoms with van der Waals surface area (Å²) in [6.45, 7) is 5.95. The summed E-state index contributed by atoms with van der Waals surface area (Å²) in [6.07, 6.45) is 1.38. The molecule has 104 valence electrons. The van der Waals surface area contributed by atoms with Gasteiger partial charge in [0.1, 0.15) is 0 Å². The molecule has 4 heteroatoms. The molecule has 1 heterocycles. The van der Waals surface area contributed by atoms with Gasteiger partial charge >= 0.3 is 0 Å². The molecule has 0 spiro atoms. The number of aliphatic hydroxyl groups excluding tert-OH is 1. The quantitative estimate of drug-likeness (QED) is 0.704. The molecule has 0 saturated carbocycles. The molecule has 4 nitrogen and oxygen atoms in total. The van der Waals surface area contributed by atoms with Gasteiger partial charge in [-0.2, -0.15) is 0 Å². The van der Waals surface area contributed by atoms with E-state index < -0.39 is 0 Å². The van der Waals surface area contributed by atoms with Crippen LogP contribution in [0.1, 0.15) is 31.4 Å². The molecule has 0 aliphatic carbocycles. The van der Waals surface area contributed by atoms with E-state index in [1.807, 2.05) is 6.07 Å².